The Morgan fingerprint density at radius 3 is 2.36 bits per heavy atom. The molecule has 12 nitrogen and oxygen atoms in total. The summed E-state index contributed by atoms with van der Waals surface area (Å²) in [6, 6.07) is 21.6. The molecule has 12 heteroatoms. The molecule has 5 rings (SSSR count). The van der Waals surface area contributed by atoms with Gasteiger partial charge in [0.05, 0.1) is 43.3 Å². The lowest BCUT2D eigenvalue weighted by molar-refractivity contribution is -0.168. The number of hydrogen-bond acceptors (Lipinski definition) is 9. The summed E-state index contributed by atoms with van der Waals surface area (Å²) in [6.07, 6.45) is 3.41. The molecule has 4 aromatic rings. The van der Waals surface area contributed by atoms with Crippen LogP contribution in [-0.2, 0) is 30.3 Å². The lowest BCUT2D eigenvalue weighted by Gasteiger charge is -2.36. The second kappa shape index (κ2) is 17.6. The molecule has 0 aliphatic carbocycles. The molecule has 50 heavy (non-hydrogen) atoms. The lowest BCUT2D eigenvalue weighted by atomic mass is 9.81. The first kappa shape index (κ1) is 36.3. The fourth-order valence-corrected chi connectivity index (χ4v) is 5.98. The molecule has 5 N–H and O–H groups in total. The van der Waals surface area contributed by atoms with E-state index in [2.05, 4.69) is 10.6 Å². The molecular weight excluding hydrogens is 640 g/mol. The van der Waals surface area contributed by atoms with Gasteiger partial charge in [0.25, 0.3) is 11.8 Å². The van der Waals surface area contributed by atoms with E-state index in [0.717, 1.165) is 22.0 Å². The largest absolute Gasteiger partial charge is 0.459 e. The van der Waals surface area contributed by atoms with Gasteiger partial charge < -0.3 is 40.4 Å². The molecule has 0 bridgehead atoms. The van der Waals surface area contributed by atoms with E-state index in [1.807, 2.05) is 37.4 Å². The molecule has 2 heterocycles. The number of nitrogen functional groups attached to an aromatic ring is 1. The van der Waals surface area contributed by atoms with Crippen molar-refractivity contribution in [2.24, 2.45) is 5.92 Å². The number of fused-ring (bicyclic) bond motifs is 1. The number of anilines is 2. The van der Waals surface area contributed by atoms with Crippen molar-refractivity contribution in [3.05, 3.63) is 108 Å². The number of carbonyl (C=O) groups excluding carboxylic acids is 3. The number of allylic oxidation sites excluding steroid dienone is 1. The van der Waals surface area contributed by atoms with Gasteiger partial charge in [-0.15, -0.1) is 0 Å². The van der Waals surface area contributed by atoms with Crippen LogP contribution in [0.15, 0.2) is 90.8 Å². The Morgan fingerprint density at radius 2 is 1.64 bits per heavy atom. The van der Waals surface area contributed by atoms with E-state index in [-0.39, 0.29) is 49.2 Å². The highest BCUT2D eigenvalue weighted by Gasteiger charge is 2.39. The van der Waals surface area contributed by atoms with Crippen LogP contribution in [0.5, 0.6) is 0 Å². The Kier molecular flexibility index (Phi) is 12.8. The molecular formula is C38H44N4O8. The first-order valence-corrected chi connectivity index (χ1v) is 16.7. The Balaban J connectivity index is 1.34. The van der Waals surface area contributed by atoms with Gasteiger partial charge in [-0.1, -0.05) is 42.5 Å². The zero-order valence-electron chi connectivity index (χ0n) is 28.3. The lowest BCUT2D eigenvalue weighted by Crippen LogP contribution is -2.39. The molecule has 1 aromatic heterocycles. The molecule has 3 atom stereocenters. The SMILES string of the molecule is CCO[C@H]1OC(C(=O)NCc2ccc(C(=O)Nc3ccccc3N)cc2)=C[C@@H](c2cn(C(C)=O)c3ccccc23)[C@@H]1CCOCCOCCO. The number of nitrogens with zero attached hydrogens (tertiary/aromatic N) is 1. The Labute approximate surface area is 291 Å². The van der Waals surface area contributed by atoms with Crippen molar-refractivity contribution in [1.82, 2.24) is 9.88 Å². The van der Waals surface area contributed by atoms with E-state index in [1.165, 1.54) is 6.92 Å². The molecule has 264 valence electrons. The predicted molar refractivity (Wildman–Crippen MR) is 189 cm³/mol. The van der Waals surface area contributed by atoms with Gasteiger partial charge in [-0.25, -0.2) is 0 Å². The highest BCUT2D eigenvalue weighted by molar-refractivity contribution is 6.05. The summed E-state index contributed by atoms with van der Waals surface area (Å²) in [5.74, 6) is -1.34. The van der Waals surface area contributed by atoms with E-state index in [4.69, 9.17) is 29.8 Å². The second-order valence-corrected chi connectivity index (χ2v) is 11.8. The van der Waals surface area contributed by atoms with Crippen LogP contribution >= 0.6 is 0 Å². The monoisotopic (exact) mass is 684 g/mol. The minimum atomic E-state index is -0.763. The number of aliphatic hydroxyl groups is 1. The second-order valence-electron chi connectivity index (χ2n) is 11.8. The molecule has 3 aromatic carbocycles. The standard InChI is InChI=1S/C38H44N4O8/c1-3-49-38-29(16-18-47-20-21-48-19-17-43)30(31-24-42(25(2)44)34-11-7-4-8-28(31)34)22-35(50-38)37(46)40-23-26-12-14-27(15-13-26)36(45)41-33-10-6-5-9-32(33)39/h4-15,22,24,29-30,38,43H,3,16-21,23,39H2,1-2H3,(H,40,46)(H,41,45)/t29-,30+,38-/m0/s1. The number of nitrogens with one attached hydrogen (secondary N) is 2. The Hall–Kier alpha value is -5.01. The minimum absolute atomic E-state index is 0.0519. The van der Waals surface area contributed by atoms with Gasteiger partial charge in [0, 0.05) is 55.7 Å². The first-order chi connectivity index (χ1) is 24.3. The average Bonchev–Trinajstić information content (AvgIpc) is 3.52. The third-order valence-electron chi connectivity index (χ3n) is 8.46. The number of aliphatic hydroxyl groups excluding tert-OH is 1. The quantitative estimate of drug-likeness (QED) is 0.0955. The number of amides is 2. The van der Waals surface area contributed by atoms with Gasteiger partial charge in [0.2, 0.25) is 12.2 Å². The molecule has 0 unspecified atom stereocenters. The Morgan fingerprint density at radius 1 is 0.920 bits per heavy atom. The maximum Gasteiger partial charge on any atom is 0.286 e. The molecule has 1 aliphatic rings. The van der Waals surface area contributed by atoms with E-state index in [9.17, 15) is 14.4 Å². The number of para-hydroxylation sites is 3. The van der Waals surface area contributed by atoms with Gasteiger partial charge in [-0.2, -0.15) is 0 Å². The molecule has 0 radical (unpaired) electrons. The van der Waals surface area contributed by atoms with Gasteiger partial charge in [-0.3, -0.25) is 19.0 Å². The van der Waals surface area contributed by atoms with Crippen LogP contribution in [0.1, 0.15) is 52.5 Å². The number of ether oxygens (including phenoxy) is 4. The molecule has 0 spiro atoms. The zero-order valence-corrected chi connectivity index (χ0v) is 28.3. The summed E-state index contributed by atoms with van der Waals surface area (Å²) in [6.45, 7) is 5.21. The maximum absolute atomic E-state index is 13.6. The van der Waals surface area contributed by atoms with Gasteiger partial charge in [0.1, 0.15) is 0 Å². The fourth-order valence-electron chi connectivity index (χ4n) is 5.98. The predicted octanol–water partition coefficient (Wildman–Crippen LogP) is 4.84. The summed E-state index contributed by atoms with van der Waals surface area (Å²) < 4.78 is 25.1. The third-order valence-corrected chi connectivity index (χ3v) is 8.46. The van der Waals surface area contributed by atoms with Crippen molar-refractivity contribution in [2.45, 2.75) is 39.0 Å². The normalized spacial score (nSPS) is 17.2. The van der Waals surface area contributed by atoms with Crippen molar-refractivity contribution >= 4 is 40.0 Å². The number of rotatable bonds is 16. The average molecular weight is 685 g/mol. The molecule has 0 saturated heterocycles. The highest BCUT2D eigenvalue weighted by Crippen LogP contribution is 2.42. The van der Waals surface area contributed by atoms with Crippen LogP contribution in [0.25, 0.3) is 10.9 Å². The summed E-state index contributed by atoms with van der Waals surface area (Å²) in [5, 5.41) is 15.6. The van der Waals surface area contributed by atoms with Crippen molar-refractivity contribution in [2.75, 3.05) is 50.7 Å². The van der Waals surface area contributed by atoms with Crippen molar-refractivity contribution in [1.29, 1.82) is 0 Å². The smallest absolute Gasteiger partial charge is 0.286 e. The van der Waals surface area contributed by atoms with Crippen molar-refractivity contribution in [3.8, 4) is 0 Å². The third kappa shape index (κ3) is 8.96. The van der Waals surface area contributed by atoms with Gasteiger partial charge in [0.15, 0.2) is 5.76 Å². The summed E-state index contributed by atoms with van der Waals surface area (Å²) in [4.78, 5) is 39.0. The van der Waals surface area contributed by atoms with Crippen LogP contribution in [0.4, 0.5) is 11.4 Å². The van der Waals surface area contributed by atoms with E-state index < -0.39 is 12.2 Å². The Bertz CT molecular complexity index is 1800. The van der Waals surface area contributed by atoms with Crippen molar-refractivity contribution in [3.63, 3.8) is 0 Å². The van der Waals surface area contributed by atoms with Gasteiger partial charge in [-0.05, 0) is 60.9 Å². The van der Waals surface area contributed by atoms with Crippen LogP contribution in [0.2, 0.25) is 0 Å². The number of hydrogen-bond donors (Lipinski definition) is 4. The number of aromatic nitrogens is 1. The van der Waals surface area contributed by atoms with Crippen molar-refractivity contribution < 1.29 is 38.4 Å². The van der Waals surface area contributed by atoms with E-state index >= 15 is 0 Å². The minimum Gasteiger partial charge on any atom is -0.459 e. The zero-order chi connectivity index (χ0) is 35.5. The number of benzene rings is 3. The summed E-state index contributed by atoms with van der Waals surface area (Å²) >= 11 is 0. The fraction of sp³-hybridized carbons (Fsp3) is 0.342. The molecule has 1 aliphatic heterocycles. The number of nitrogens with two attached hydrogens (primary N) is 1. The number of carbonyl (C=O) groups is 3. The topological polar surface area (TPSA) is 163 Å². The van der Waals surface area contributed by atoms with Crippen LogP contribution in [0, 0.1) is 5.92 Å². The van der Waals surface area contributed by atoms with Crippen LogP contribution in [-0.4, -0.2) is 73.3 Å². The van der Waals surface area contributed by atoms with E-state index in [0.29, 0.717) is 49.8 Å². The van der Waals surface area contributed by atoms with Gasteiger partial charge >= 0.3 is 0 Å². The van der Waals surface area contributed by atoms with Crippen LogP contribution in [0.3, 0.4) is 0 Å². The molecule has 0 saturated carbocycles. The maximum atomic E-state index is 13.6. The molecule has 0 fully saturated rings. The first-order valence-electron chi connectivity index (χ1n) is 16.7. The van der Waals surface area contributed by atoms with Crippen LogP contribution < -0.4 is 16.4 Å². The van der Waals surface area contributed by atoms with E-state index in [1.54, 1.807) is 59.2 Å². The summed E-state index contributed by atoms with van der Waals surface area (Å²) in [7, 11) is 0. The highest BCUT2D eigenvalue weighted by atomic mass is 16.7. The summed E-state index contributed by atoms with van der Waals surface area (Å²) in [5.41, 5.74) is 9.82. The molecule has 2 amide bonds.